The number of halogens is 1. The zero-order valence-electron chi connectivity index (χ0n) is 24.8. The first-order valence-electron chi connectivity index (χ1n) is 14.8. The van der Waals surface area contributed by atoms with Crippen LogP contribution >= 0.6 is 22.6 Å². The lowest BCUT2D eigenvalue weighted by molar-refractivity contribution is 0.00876. The van der Waals surface area contributed by atoms with Crippen LogP contribution in [0.25, 0.3) is 11.0 Å². The average Bonchev–Trinajstić information content (AvgIpc) is 3.46. The van der Waals surface area contributed by atoms with Gasteiger partial charge in [0, 0.05) is 62.9 Å². The average molecular weight is 687 g/mol. The summed E-state index contributed by atoms with van der Waals surface area (Å²) in [6.45, 7) is 12.6. The van der Waals surface area contributed by atoms with Crippen LogP contribution in [-0.4, -0.2) is 86.3 Å². The molecule has 0 spiro atoms. The summed E-state index contributed by atoms with van der Waals surface area (Å²) >= 11 is 2.15. The minimum Gasteiger partial charge on any atom is -0.444 e. The molecule has 12 heteroatoms. The van der Waals surface area contributed by atoms with Gasteiger partial charge >= 0.3 is 6.09 Å². The highest BCUT2D eigenvalue weighted by molar-refractivity contribution is 14.1. The van der Waals surface area contributed by atoms with Gasteiger partial charge in [-0.15, -0.1) is 0 Å². The molecule has 0 radical (unpaired) electrons. The first-order valence-corrected chi connectivity index (χ1v) is 15.9. The van der Waals surface area contributed by atoms with Gasteiger partial charge in [-0.05, 0) is 80.8 Å². The Labute approximate surface area is 259 Å². The highest BCUT2D eigenvalue weighted by atomic mass is 127. The van der Waals surface area contributed by atoms with Crippen LogP contribution in [0.2, 0.25) is 0 Å². The smallest absolute Gasteiger partial charge is 0.410 e. The molecular weight excluding hydrogens is 647 g/mol. The summed E-state index contributed by atoms with van der Waals surface area (Å²) in [6.07, 6.45) is 7.75. The molecule has 5 heterocycles. The van der Waals surface area contributed by atoms with E-state index in [1.54, 1.807) is 0 Å². The van der Waals surface area contributed by atoms with E-state index in [9.17, 15) is 9.59 Å². The summed E-state index contributed by atoms with van der Waals surface area (Å²) in [5.41, 5.74) is 2.26. The van der Waals surface area contributed by atoms with Crippen molar-refractivity contribution in [1.29, 1.82) is 0 Å². The highest BCUT2D eigenvalue weighted by Gasteiger charge is 2.35. The third kappa shape index (κ3) is 5.92. The molecule has 224 valence electrons. The van der Waals surface area contributed by atoms with Crippen molar-refractivity contribution in [3.63, 3.8) is 0 Å². The van der Waals surface area contributed by atoms with Crippen LogP contribution in [0.5, 0.6) is 0 Å². The van der Waals surface area contributed by atoms with Gasteiger partial charge in [0.25, 0.3) is 5.56 Å². The van der Waals surface area contributed by atoms with Crippen LogP contribution < -0.4 is 15.8 Å². The maximum Gasteiger partial charge on any atom is 0.410 e. The topological polar surface area (TPSA) is 109 Å². The van der Waals surface area contributed by atoms with Crippen LogP contribution in [0.1, 0.15) is 58.1 Å². The number of fused-ring (bicyclic) bond motifs is 1. The number of ether oxygens (including phenoxy) is 1. The largest absolute Gasteiger partial charge is 0.444 e. The van der Waals surface area contributed by atoms with Gasteiger partial charge in [-0.25, -0.2) is 14.8 Å². The Morgan fingerprint density at radius 1 is 1.02 bits per heavy atom. The Hall–Kier alpha value is -3.00. The van der Waals surface area contributed by atoms with E-state index >= 15 is 0 Å². The van der Waals surface area contributed by atoms with Crippen molar-refractivity contribution in [1.82, 2.24) is 29.3 Å². The normalized spacial score (nSPS) is 18.9. The first kappa shape index (κ1) is 29.1. The molecule has 2 aliphatic heterocycles. The Balaban J connectivity index is 1.07. The van der Waals surface area contributed by atoms with Crippen molar-refractivity contribution in [3.8, 4) is 0 Å². The lowest BCUT2D eigenvalue weighted by atomic mass is 10.1. The predicted octanol–water partition coefficient (Wildman–Crippen LogP) is 4.70. The number of carbonyl (C=O) groups excluding carboxylic acids is 1. The van der Waals surface area contributed by atoms with Gasteiger partial charge in [-0.3, -0.25) is 14.3 Å². The minimum absolute atomic E-state index is 0.0393. The predicted molar refractivity (Wildman–Crippen MR) is 172 cm³/mol. The summed E-state index contributed by atoms with van der Waals surface area (Å²) in [6, 6.07) is 4.66. The van der Waals surface area contributed by atoms with Crippen LogP contribution in [-0.2, 0) is 4.74 Å². The maximum absolute atomic E-state index is 13.2. The van der Waals surface area contributed by atoms with Crippen molar-refractivity contribution in [3.05, 3.63) is 44.0 Å². The lowest BCUT2D eigenvalue weighted by Crippen LogP contribution is -2.63. The number of nitrogens with zero attached hydrogens (tertiary/aromatic N) is 7. The Morgan fingerprint density at radius 3 is 2.38 bits per heavy atom. The van der Waals surface area contributed by atoms with E-state index in [1.807, 2.05) is 55.6 Å². The number of hydrogen-bond donors (Lipinski definition) is 1. The Kier molecular flexibility index (Phi) is 8.03. The van der Waals surface area contributed by atoms with Gasteiger partial charge in [0.1, 0.15) is 17.1 Å². The molecule has 0 aromatic carbocycles. The second-order valence-electron chi connectivity index (χ2n) is 12.6. The maximum atomic E-state index is 13.2. The van der Waals surface area contributed by atoms with Gasteiger partial charge in [0.2, 0.25) is 5.95 Å². The third-order valence-electron chi connectivity index (χ3n) is 8.52. The van der Waals surface area contributed by atoms with Crippen LogP contribution in [0.3, 0.4) is 0 Å². The summed E-state index contributed by atoms with van der Waals surface area (Å²) in [4.78, 5) is 46.2. The minimum atomic E-state index is -0.471. The zero-order valence-corrected chi connectivity index (χ0v) is 26.9. The summed E-state index contributed by atoms with van der Waals surface area (Å²) in [5.74, 6) is 1.09. The van der Waals surface area contributed by atoms with Gasteiger partial charge in [0.15, 0.2) is 0 Å². The molecule has 3 aromatic rings. The number of pyridine rings is 2. The molecule has 3 fully saturated rings. The van der Waals surface area contributed by atoms with E-state index in [-0.39, 0.29) is 17.7 Å². The number of hydrogen-bond acceptors (Lipinski definition) is 9. The molecule has 0 bridgehead atoms. The molecule has 1 saturated carbocycles. The number of carbonyl (C=O) groups is 1. The quantitative estimate of drug-likeness (QED) is 0.383. The fraction of sp³-hybridized carbons (Fsp3) is 0.567. The summed E-state index contributed by atoms with van der Waals surface area (Å²) < 4.78 is 8.15. The van der Waals surface area contributed by atoms with Crippen molar-refractivity contribution in [2.45, 2.75) is 71.1 Å². The Morgan fingerprint density at radius 2 is 1.74 bits per heavy atom. The second-order valence-corrected chi connectivity index (χ2v) is 13.7. The van der Waals surface area contributed by atoms with Crippen LogP contribution in [0.15, 0.2) is 29.3 Å². The molecule has 3 aromatic heterocycles. The number of anilines is 3. The molecule has 0 unspecified atom stereocenters. The van der Waals surface area contributed by atoms with Gasteiger partial charge in [-0.2, -0.15) is 4.98 Å². The van der Waals surface area contributed by atoms with Gasteiger partial charge in [-0.1, -0.05) is 12.8 Å². The second kappa shape index (κ2) is 11.6. The molecule has 1 N–H and O–H groups in total. The molecule has 42 heavy (non-hydrogen) atoms. The van der Waals surface area contributed by atoms with Gasteiger partial charge < -0.3 is 19.9 Å². The van der Waals surface area contributed by atoms with E-state index < -0.39 is 5.60 Å². The fourth-order valence-electron chi connectivity index (χ4n) is 6.12. The van der Waals surface area contributed by atoms with Crippen molar-refractivity contribution >= 4 is 57.2 Å². The van der Waals surface area contributed by atoms with E-state index in [0.29, 0.717) is 36.5 Å². The molecule has 6 rings (SSSR count). The number of rotatable bonds is 5. The van der Waals surface area contributed by atoms with Gasteiger partial charge in [0.05, 0.1) is 15.5 Å². The molecule has 11 nitrogen and oxygen atoms in total. The van der Waals surface area contributed by atoms with E-state index in [0.717, 1.165) is 72.1 Å². The number of aromatic nitrogens is 4. The monoisotopic (exact) mass is 686 g/mol. The molecule has 2 saturated heterocycles. The molecule has 1 aliphatic carbocycles. The van der Waals surface area contributed by atoms with Crippen LogP contribution in [0, 0.1) is 10.5 Å². The molecule has 0 atom stereocenters. The fourth-order valence-corrected chi connectivity index (χ4v) is 6.67. The zero-order chi connectivity index (χ0) is 29.6. The number of nitrogens with one attached hydrogen (secondary N) is 1. The van der Waals surface area contributed by atoms with E-state index in [2.05, 4.69) is 53.7 Å². The Bertz CT molecular complexity index is 1520. The van der Waals surface area contributed by atoms with Crippen molar-refractivity contribution < 1.29 is 9.53 Å². The SMILES string of the molecule is Cc1c(I)c(=O)n(C2CCCC2)c2nc(Nc3ccc(N4CC(N5CCN(C(=O)OC(C)(C)C)CC5)C4)cn3)ncc12. The highest BCUT2D eigenvalue weighted by Crippen LogP contribution is 2.32. The molecular formula is C30H39IN8O3. The number of aryl methyl sites for hydroxylation is 1. The van der Waals surface area contributed by atoms with Crippen molar-refractivity contribution in [2.75, 3.05) is 49.5 Å². The molecule has 1 amide bonds. The van der Waals surface area contributed by atoms with Crippen LogP contribution in [0.4, 0.5) is 22.2 Å². The third-order valence-corrected chi connectivity index (χ3v) is 9.79. The summed E-state index contributed by atoms with van der Waals surface area (Å²) in [5, 5.41) is 4.15. The molecule has 3 aliphatic rings. The standard InChI is InChI=1S/C30H39IN8O3/c1-19-23-16-33-28(35-26(23)39(27(40)25(19)31)20-7-5-6-8-20)34-24-10-9-21(15-32-24)38-17-22(18-38)36-11-13-37(14-12-36)29(41)42-30(2,3)4/h9-10,15-16,20,22H,5-8,11-14,17-18H2,1-4H3,(H,32,33,34,35). The summed E-state index contributed by atoms with van der Waals surface area (Å²) in [7, 11) is 0. The van der Waals surface area contributed by atoms with E-state index in [4.69, 9.17) is 9.72 Å². The number of amides is 1. The first-order chi connectivity index (χ1) is 20.1. The lowest BCUT2D eigenvalue weighted by Gasteiger charge is -2.49. The van der Waals surface area contributed by atoms with Crippen molar-refractivity contribution in [2.24, 2.45) is 0 Å². The number of piperazine rings is 1. The van der Waals surface area contributed by atoms with E-state index in [1.165, 1.54) is 0 Å².